The van der Waals surface area contributed by atoms with Gasteiger partial charge in [-0.3, -0.25) is 4.79 Å². The predicted octanol–water partition coefficient (Wildman–Crippen LogP) is 2.28. The van der Waals surface area contributed by atoms with E-state index in [4.69, 9.17) is 4.98 Å². The molecule has 1 aliphatic rings. The molecule has 1 N–H and O–H groups in total. The van der Waals surface area contributed by atoms with E-state index in [-0.39, 0.29) is 5.91 Å². The quantitative estimate of drug-likeness (QED) is 0.663. The molecule has 0 saturated carbocycles. The number of nitrogens with one attached hydrogen (secondary N) is 1. The number of likely N-dealkylation sites (N-methyl/N-ethyl adjacent to an activating group) is 2. The minimum atomic E-state index is -0.131. The van der Waals surface area contributed by atoms with Crippen molar-refractivity contribution in [3.05, 3.63) is 48.3 Å². The molecule has 0 aliphatic carbocycles. The van der Waals surface area contributed by atoms with E-state index in [1.54, 1.807) is 0 Å². The lowest BCUT2D eigenvalue weighted by Gasteiger charge is -2.34. The smallest absolute Gasteiger partial charge is 0.270 e. The average Bonchev–Trinajstić information content (AvgIpc) is 3.14. The number of amides is 1. The number of piperazine rings is 1. The highest BCUT2D eigenvalue weighted by Gasteiger charge is 2.17. The number of carbonyl (C=O) groups is 1. The molecular weight excluding hydrogens is 388 g/mol. The van der Waals surface area contributed by atoms with Crippen LogP contribution in [0.5, 0.6) is 0 Å². The number of aromatic nitrogens is 2. The van der Waals surface area contributed by atoms with E-state index in [9.17, 15) is 4.79 Å². The number of nitrogens with zero attached hydrogens (tertiary/aromatic N) is 5. The number of benzene rings is 1. The second-order valence-electron chi connectivity index (χ2n) is 8.61. The van der Waals surface area contributed by atoms with Gasteiger partial charge in [0.25, 0.3) is 5.91 Å². The topological polar surface area (TPSA) is 56.6 Å². The van der Waals surface area contributed by atoms with E-state index in [1.165, 1.54) is 5.69 Å². The van der Waals surface area contributed by atoms with Crippen molar-refractivity contribution in [2.45, 2.75) is 0 Å². The SMILES string of the molecule is CN(C)CCNC(=O)c1nc(-c2ccc(N3CCN(C)CC3)cc2)cc2c1ccn2C. The Morgan fingerprint density at radius 1 is 1.06 bits per heavy atom. The van der Waals surface area contributed by atoms with Crippen LogP contribution in [-0.4, -0.2) is 85.7 Å². The van der Waals surface area contributed by atoms with Gasteiger partial charge in [-0.15, -0.1) is 0 Å². The first-order chi connectivity index (χ1) is 14.9. The molecule has 1 aromatic carbocycles. The van der Waals surface area contributed by atoms with Crippen LogP contribution in [0.1, 0.15) is 10.5 Å². The van der Waals surface area contributed by atoms with Crippen LogP contribution >= 0.6 is 0 Å². The summed E-state index contributed by atoms with van der Waals surface area (Å²) in [5, 5.41) is 3.88. The normalized spacial score (nSPS) is 15.1. The highest BCUT2D eigenvalue weighted by molar-refractivity contribution is 6.05. The predicted molar refractivity (Wildman–Crippen MR) is 127 cm³/mol. The Morgan fingerprint density at radius 2 is 1.77 bits per heavy atom. The number of carbonyl (C=O) groups excluding carboxylic acids is 1. The third kappa shape index (κ3) is 4.73. The molecule has 4 rings (SSSR count). The van der Waals surface area contributed by atoms with E-state index in [0.29, 0.717) is 12.2 Å². The Kier molecular flexibility index (Phi) is 6.25. The van der Waals surface area contributed by atoms with Gasteiger partial charge in [0.15, 0.2) is 0 Å². The fraction of sp³-hybridized carbons (Fsp3) is 0.417. The molecule has 2 aromatic heterocycles. The molecule has 0 bridgehead atoms. The van der Waals surface area contributed by atoms with E-state index in [1.807, 2.05) is 42.9 Å². The van der Waals surface area contributed by atoms with Crippen LogP contribution < -0.4 is 10.2 Å². The summed E-state index contributed by atoms with van der Waals surface area (Å²) in [7, 11) is 8.15. The Morgan fingerprint density at radius 3 is 2.45 bits per heavy atom. The summed E-state index contributed by atoms with van der Waals surface area (Å²) < 4.78 is 2.04. The zero-order valence-electron chi connectivity index (χ0n) is 18.9. The van der Waals surface area contributed by atoms with Crippen LogP contribution in [0, 0.1) is 0 Å². The van der Waals surface area contributed by atoms with Crippen LogP contribution in [0.2, 0.25) is 0 Å². The number of pyridine rings is 1. The number of aryl methyl sites for hydroxylation is 1. The highest BCUT2D eigenvalue weighted by atomic mass is 16.1. The van der Waals surface area contributed by atoms with Crippen molar-refractivity contribution in [3.8, 4) is 11.3 Å². The van der Waals surface area contributed by atoms with Crippen molar-refractivity contribution in [2.75, 3.05) is 65.3 Å². The molecule has 0 radical (unpaired) electrons. The zero-order valence-corrected chi connectivity index (χ0v) is 18.9. The lowest BCUT2D eigenvalue weighted by molar-refractivity contribution is 0.0948. The lowest BCUT2D eigenvalue weighted by atomic mass is 10.1. The maximum Gasteiger partial charge on any atom is 0.270 e. The number of anilines is 1. The molecular formula is C24H32N6O. The summed E-state index contributed by atoms with van der Waals surface area (Å²) in [6, 6.07) is 12.6. The minimum absolute atomic E-state index is 0.131. The van der Waals surface area contributed by atoms with Gasteiger partial charge in [-0.05, 0) is 45.4 Å². The van der Waals surface area contributed by atoms with E-state index in [0.717, 1.165) is 54.9 Å². The monoisotopic (exact) mass is 420 g/mol. The maximum absolute atomic E-state index is 12.9. The number of fused-ring (bicyclic) bond motifs is 1. The molecule has 3 heterocycles. The second kappa shape index (κ2) is 9.08. The molecule has 31 heavy (non-hydrogen) atoms. The van der Waals surface area contributed by atoms with Gasteiger partial charge in [0, 0.05) is 69.2 Å². The molecule has 1 amide bonds. The fourth-order valence-electron chi connectivity index (χ4n) is 3.97. The molecule has 1 fully saturated rings. The van der Waals surface area contributed by atoms with Gasteiger partial charge in [-0.2, -0.15) is 0 Å². The summed E-state index contributed by atoms with van der Waals surface area (Å²) in [5.74, 6) is -0.131. The van der Waals surface area contributed by atoms with E-state index >= 15 is 0 Å². The Labute approximate surface area is 184 Å². The maximum atomic E-state index is 12.9. The highest BCUT2D eigenvalue weighted by Crippen LogP contribution is 2.27. The minimum Gasteiger partial charge on any atom is -0.369 e. The molecule has 1 aliphatic heterocycles. The third-order valence-electron chi connectivity index (χ3n) is 5.97. The Balaban J connectivity index is 1.61. The first kappa shape index (κ1) is 21.3. The van der Waals surface area contributed by atoms with Crippen molar-refractivity contribution < 1.29 is 4.79 Å². The molecule has 164 valence electrons. The summed E-state index contributed by atoms with van der Waals surface area (Å²) in [4.78, 5) is 24.5. The molecule has 7 nitrogen and oxygen atoms in total. The van der Waals surface area contributed by atoms with E-state index < -0.39 is 0 Å². The van der Waals surface area contributed by atoms with Crippen LogP contribution in [0.4, 0.5) is 5.69 Å². The fourth-order valence-corrected chi connectivity index (χ4v) is 3.97. The van der Waals surface area contributed by atoms with Gasteiger partial charge in [0.2, 0.25) is 0 Å². The third-order valence-corrected chi connectivity index (χ3v) is 5.97. The number of hydrogen-bond donors (Lipinski definition) is 1. The first-order valence-corrected chi connectivity index (χ1v) is 10.9. The summed E-state index contributed by atoms with van der Waals surface area (Å²) in [6.45, 7) is 5.63. The van der Waals surface area contributed by atoms with Crippen molar-refractivity contribution >= 4 is 22.5 Å². The van der Waals surface area contributed by atoms with Crippen LogP contribution in [-0.2, 0) is 7.05 Å². The first-order valence-electron chi connectivity index (χ1n) is 10.9. The molecule has 0 unspecified atom stereocenters. The van der Waals surface area contributed by atoms with Crippen LogP contribution in [0.25, 0.3) is 22.2 Å². The van der Waals surface area contributed by atoms with Crippen molar-refractivity contribution in [1.82, 2.24) is 24.7 Å². The molecule has 7 heteroatoms. The molecule has 0 atom stereocenters. The van der Waals surface area contributed by atoms with Gasteiger partial charge in [-0.25, -0.2) is 4.98 Å². The van der Waals surface area contributed by atoms with Gasteiger partial charge in [-0.1, -0.05) is 12.1 Å². The Hall–Kier alpha value is -2.90. The summed E-state index contributed by atoms with van der Waals surface area (Å²) in [5.41, 5.74) is 4.56. The van der Waals surface area contributed by atoms with Gasteiger partial charge < -0.3 is 24.6 Å². The number of rotatable bonds is 6. The van der Waals surface area contributed by atoms with Gasteiger partial charge >= 0.3 is 0 Å². The van der Waals surface area contributed by atoms with E-state index in [2.05, 4.69) is 52.5 Å². The van der Waals surface area contributed by atoms with Crippen molar-refractivity contribution in [2.24, 2.45) is 7.05 Å². The molecule has 1 saturated heterocycles. The van der Waals surface area contributed by atoms with Gasteiger partial charge in [0.05, 0.1) is 11.2 Å². The summed E-state index contributed by atoms with van der Waals surface area (Å²) >= 11 is 0. The lowest BCUT2D eigenvalue weighted by Crippen LogP contribution is -2.44. The standard InChI is InChI=1S/C24H32N6O/c1-27(2)12-10-25-24(31)23-20-9-11-29(4)22(20)17-21(26-23)18-5-7-19(8-6-18)30-15-13-28(3)14-16-30/h5-9,11,17H,10,12-16H2,1-4H3,(H,25,31). The van der Waals surface area contributed by atoms with Crippen molar-refractivity contribution in [1.29, 1.82) is 0 Å². The van der Waals surface area contributed by atoms with Crippen molar-refractivity contribution in [3.63, 3.8) is 0 Å². The largest absolute Gasteiger partial charge is 0.369 e. The zero-order chi connectivity index (χ0) is 22.0. The van der Waals surface area contributed by atoms with Crippen LogP contribution in [0.15, 0.2) is 42.6 Å². The molecule has 0 spiro atoms. The summed E-state index contributed by atoms with van der Waals surface area (Å²) in [6.07, 6.45) is 1.98. The molecule has 3 aromatic rings. The Bertz CT molecular complexity index is 1050. The average molecular weight is 421 g/mol. The second-order valence-corrected chi connectivity index (χ2v) is 8.61. The van der Waals surface area contributed by atoms with Gasteiger partial charge in [0.1, 0.15) is 5.69 Å². The number of hydrogen-bond acceptors (Lipinski definition) is 5. The van der Waals surface area contributed by atoms with Crippen LogP contribution in [0.3, 0.4) is 0 Å².